The number of carbonyl (C=O) groups is 1. The number of hydrogen-bond donors (Lipinski definition) is 3. The summed E-state index contributed by atoms with van der Waals surface area (Å²) in [6, 6.07) is 3.19. The van der Waals surface area contributed by atoms with Gasteiger partial charge >= 0.3 is 0 Å². The highest BCUT2D eigenvalue weighted by Crippen LogP contribution is 2.39. The van der Waals surface area contributed by atoms with Gasteiger partial charge in [0.15, 0.2) is 0 Å². The van der Waals surface area contributed by atoms with Crippen molar-refractivity contribution in [3.05, 3.63) is 41.1 Å². The molecule has 0 aliphatic heterocycles. The highest BCUT2D eigenvalue weighted by molar-refractivity contribution is 6.09. The third kappa shape index (κ3) is 4.19. The van der Waals surface area contributed by atoms with Gasteiger partial charge < -0.3 is 20.1 Å². The van der Waals surface area contributed by atoms with Crippen molar-refractivity contribution in [3.8, 4) is 17.0 Å². The largest absolute Gasteiger partial charge is 0.492 e. The maximum Gasteiger partial charge on any atom is 0.255 e. The topological polar surface area (TPSA) is 100 Å². The highest BCUT2D eigenvalue weighted by Gasteiger charge is 2.29. The maximum absolute atomic E-state index is 15.4. The summed E-state index contributed by atoms with van der Waals surface area (Å²) in [6.07, 6.45) is 6.41. The maximum atomic E-state index is 15.4. The Kier molecular flexibility index (Phi) is 5.78. The number of halogens is 1. The van der Waals surface area contributed by atoms with Gasteiger partial charge in [0.1, 0.15) is 29.1 Å². The molecule has 5 rings (SSSR count). The van der Waals surface area contributed by atoms with Gasteiger partial charge in [-0.1, -0.05) is 18.9 Å². The summed E-state index contributed by atoms with van der Waals surface area (Å²) in [6.45, 7) is 4.04. The molecule has 8 heteroatoms. The predicted octanol–water partition coefficient (Wildman–Crippen LogP) is 4.20. The number of rotatable bonds is 6. The van der Waals surface area contributed by atoms with Crippen molar-refractivity contribution in [1.29, 1.82) is 0 Å². The number of fused-ring (bicyclic) bond motifs is 1. The number of carbonyl (C=O) groups excluding carboxylic acids is 1. The molecule has 2 heterocycles. The number of hydrogen-bond acceptors (Lipinski definition) is 5. The first-order valence-electron chi connectivity index (χ1n) is 11.7. The number of H-pyrrole nitrogens is 1. The second-order valence-corrected chi connectivity index (χ2v) is 9.33. The summed E-state index contributed by atoms with van der Waals surface area (Å²) in [5, 5.41) is 13.2. The normalized spacial score (nSPS) is 20.7. The molecule has 2 aliphatic carbocycles. The van der Waals surface area contributed by atoms with Crippen molar-refractivity contribution in [2.45, 2.75) is 64.5 Å². The van der Waals surface area contributed by atoms with Crippen LogP contribution >= 0.6 is 0 Å². The van der Waals surface area contributed by atoms with Crippen LogP contribution in [-0.4, -0.2) is 44.7 Å². The second-order valence-electron chi connectivity index (χ2n) is 9.33. The lowest BCUT2D eigenvalue weighted by Gasteiger charge is -2.28. The number of amides is 1. The molecule has 3 aromatic rings. The third-order valence-electron chi connectivity index (χ3n) is 6.75. The summed E-state index contributed by atoms with van der Waals surface area (Å²) >= 11 is 0. The van der Waals surface area contributed by atoms with Crippen LogP contribution in [0.1, 0.15) is 60.1 Å². The Morgan fingerprint density at radius 1 is 1.21 bits per heavy atom. The molecule has 2 saturated carbocycles. The van der Waals surface area contributed by atoms with Gasteiger partial charge in [-0.25, -0.2) is 14.4 Å². The molecule has 33 heavy (non-hydrogen) atoms. The van der Waals surface area contributed by atoms with Gasteiger partial charge in [-0.15, -0.1) is 0 Å². The summed E-state index contributed by atoms with van der Waals surface area (Å²) in [5.41, 5.74) is 3.05. The predicted molar refractivity (Wildman–Crippen MR) is 123 cm³/mol. The Hall–Kier alpha value is -3.00. The van der Waals surface area contributed by atoms with Gasteiger partial charge in [0, 0.05) is 5.69 Å². The van der Waals surface area contributed by atoms with Crippen molar-refractivity contribution in [2.75, 3.05) is 6.61 Å². The van der Waals surface area contributed by atoms with Crippen LogP contribution in [0.25, 0.3) is 22.3 Å². The molecule has 2 aromatic heterocycles. The van der Waals surface area contributed by atoms with E-state index >= 15 is 4.39 Å². The first-order valence-corrected chi connectivity index (χ1v) is 11.7. The van der Waals surface area contributed by atoms with Gasteiger partial charge in [0.05, 0.1) is 35.4 Å². The van der Waals surface area contributed by atoms with Crippen molar-refractivity contribution in [2.24, 2.45) is 5.92 Å². The molecule has 0 unspecified atom stereocenters. The van der Waals surface area contributed by atoms with Crippen molar-refractivity contribution < 1.29 is 19.0 Å². The minimum atomic E-state index is -0.550. The molecule has 7 nitrogen and oxygen atoms in total. The van der Waals surface area contributed by atoms with E-state index in [0.29, 0.717) is 58.2 Å². The number of nitrogens with one attached hydrogen (secondary N) is 2. The Balaban J connectivity index is 1.55. The number of ether oxygens (including phenoxy) is 1. The molecule has 2 aliphatic rings. The smallest absolute Gasteiger partial charge is 0.255 e. The van der Waals surface area contributed by atoms with Crippen LogP contribution in [0.5, 0.6) is 5.75 Å². The summed E-state index contributed by atoms with van der Waals surface area (Å²) < 4.78 is 21.3. The van der Waals surface area contributed by atoms with Crippen LogP contribution in [-0.2, 0) is 0 Å². The van der Waals surface area contributed by atoms with Crippen LogP contribution in [0, 0.1) is 25.6 Å². The van der Waals surface area contributed by atoms with E-state index in [1.807, 2.05) is 0 Å². The van der Waals surface area contributed by atoms with E-state index in [0.717, 1.165) is 32.1 Å². The lowest BCUT2D eigenvalue weighted by atomic mass is 9.92. The van der Waals surface area contributed by atoms with Crippen LogP contribution in [0.2, 0.25) is 0 Å². The summed E-state index contributed by atoms with van der Waals surface area (Å²) in [7, 11) is 0. The molecular weight excluding hydrogens is 423 g/mol. The number of nitrogens with zero attached hydrogens (tertiary/aromatic N) is 2. The van der Waals surface area contributed by atoms with Gasteiger partial charge in [-0.3, -0.25) is 4.79 Å². The fourth-order valence-electron chi connectivity index (χ4n) is 4.60. The Morgan fingerprint density at radius 2 is 2.00 bits per heavy atom. The monoisotopic (exact) mass is 452 g/mol. The number of aryl methyl sites for hydroxylation is 2. The third-order valence-corrected chi connectivity index (χ3v) is 6.75. The van der Waals surface area contributed by atoms with Crippen LogP contribution in [0.4, 0.5) is 4.39 Å². The van der Waals surface area contributed by atoms with E-state index in [2.05, 4.69) is 20.3 Å². The Morgan fingerprint density at radius 3 is 2.76 bits per heavy atom. The van der Waals surface area contributed by atoms with E-state index < -0.39 is 11.9 Å². The number of aromatic nitrogens is 3. The van der Waals surface area contributed by atoms with Gasteiger partial charge in [0.25, 0.3) is 5.91 Å². The second kappa shape index (κ2) is 8.74. The molecule has 0 spiro atoms. The molecule has 2 atom stereocenters. The van der Waals surface area contributed by atoms with Gasteiger partial charge in [0.2, 0.25) is 0 Å². The fourth-order valence-corrected chi connectivity index (χ4v) is 4.60. The van der Waals surface area contributed by atoms with Crippen molar-refractivity contribution >= 4 is 16.9 Å². The molecule has 1 aromatic carbocycles. The van der Waals surface area contributed by atoms with Crippen molar-refractivity contribution in [1.82, 2.24) is 20.3 Å². The summed E-state index contributed by atoms with van der Waals surface area (Å²) in [5.74, 6) is 0.260. The van der Waals surface area contributed by atoms with Gasteiger partial charge in [-0.2, -0.15) is 0 Å². The average molecular weight is 453 g/mol. The fraction of sp³-hybridized carbons (Fsp3) is 0.480. The summed E-state index contributed by atoms with van der Waals surface area (Å²) in [4.78, 5) is 25.1. The molecular formula is C25H29FN4O3. The minimum Gasteiger partial charge on any atom is -0.492 e. The van der Waals surface area contributed by atoms with E-state index in [1.165, 1.54) is 6.33 Å². The van der Waals surface area contributed by atoms with Crippen molar-refractivity contribution in [3.63, 3.8) is 0 Å². The SMILES string of the molecule is Cc1ccc(OCC2CC2)c(-c2ncnc3c(C(=O)N[C@@H]4CCCC[C@@H]4O)c(C)[nH]c23)c1F. The zero-order valence-corrected chi connectivity index (χ0v) is 18.9. The quantitative estimate of drug-likeness (QED) is 0.520. The molecule has 1 amide bonds. The lowest BCUT2D eigenvalue weighted by Crippen LogP contribution is -2.45. The van der Waals surface area contributed by atoms with Crippen LogP contribution < -0.4 is 10.1 Å². The first kappa shape index (κ1) is 21.8. The first-order chi connectivity index (χ1) is 15.9. The van der Waals surface area contributed by atoms with E-state index in [9.17, 15) is 9.90 Å². The lowest BCUT2D eigenvalue weighted by molar-refractivity contribution is 0.0718. The molecule has 0 saturated heterocycles. The van der Waals surface area contributed by atoms with Crippen LogP contribution in [0.15, 0.2) is 18.5 Å². The molecule has 3 N–H and O–H groups in total. The van der Waals surface area contributed by atoms with Gasteiger partial charge in [-0.05, 0) is 57.1 Å². The number of benzene rings is 1. The molecule has 174 valence electrons. The van der Waals surface area contributed by atoms with E-state index in [-0.39, 0.29) is 17.5 Å². The number of aromatic amines is 1. The van der Waals surface area contributed by atoms with Crippen LogP contribution in [0.3, 0.4) is 0 Å². The number of aliphatic hydroxyl groups is 1. The van der Waals surface area contributed by atoms with E-state index in [4.69, 9.17) is 4.74 Å². The molecule has 2 fully saturated rings. The minimum absolute atomic E-state index is 0.277. The Labute approximate surface area is 191 Å². The Bertz CT molecular complexity index is 1200. The highest BCUT2D eigenvalue weighted by atomic mass is 19.1. The zero-order valence-electron chi connectivity index (χ0n) is 18.9. The standard InChI is InChI=1S/C25H29FN4O3/c1-13-7-10-18(33-11-15-8-9-15)20(21(13)26)23-24-22(27-12-28-23)19(14(2)29-24)25(32)30-16-5-3-4-6-17(16)31/h7,10,12,15-17,29,31H,3-6,8-9,11H2,1-2H3,(H,30,32)/t16-,17+/m1/s1. The average Bonchev–Trinajstić information content (AvgIpc) is 3.56. The molecule has 0 radical (unpaired) electrons. The zero-order chi connectivity index (χ0) is 23.1. The molecule has 0 bridgehead atoms. The van der Waals surface area contributed by atoms with E-state index in [1.54, 1.807) is 26.0 Å². The number of aliphatic hydroxyl groups excluding tert-OH is 1.